The van der Waals surface area contributed by atoms with Crippen LogP contribution in [0.1, 0.15) is 11.3 Å². The average molecular weight is 349 g/mol. The molecule has 0 saturated heterocycles. The molecule has 0 aliphatic heterocycles. The van der Waals surface area contributed by atoms with Gasteiger partial charge in [0.25, 0.3) is 0 Å². The number of halogens is 1. The second-order valence-corrected chi connectivity index (χ2v) is 5.75. The lowest BCUT2D eigenvalue weighted by Crippen LogP contribution is -2.30. The molecule has 0 saturated carbocycles. The van der Waals surface area contributed by atoms with Gasteiger partial charge in [-0.1, -0.05) is 6.07 Å². The van der Waals surface area contributed by atoms with E-state index in [4.69, 9.17) is 0 Å². The molecule has 2 heterocycles. The molecule has 2 rings (SSSR count). The predicted octanol–water partition coefficient (Wildman–Crippen LogP) is 2.62. The van der Waals surface area contributed by atoms with Crippen LogP contribution < -0.4 is 5.32 Å². The Hall–Kier alpha value is -1.79. The molecule has 21 heavy (non-hydrogen) atoms. The Labute approximate surface area is 132 Å². The summed E-state index contributed by atoms with van der Waals surface area (Å²) in [7, 11) is 1.90. The molecule has 2 aromatic rings. The van der Waals surface area contributed by atoms with Crippen molar-refractivity contribution in [2.24, 2.45) is 0 Å². The number of anilines is 1. The summed E-state index contributed by atoms with van der Waals surface area (Å²) >= 11 is 3.31. The Bertz CT molecular complexity index is 615. The van der Waals surface area contributed by atoms with Crippen molar-refractivity contribution in [2.45, 2.75) is 13.5 Å². The third-order valence-corrected chi connectivity index (χ3v) is 3.43. The Morgan fingerprint density at radius 1 is 1.33 bits per heavy atom. The molecule has 0 fully saturated rings. The maximum atomic E-state index is 12.0. The molecule has 0 aromatic carbocycles. The molecule has 5 nitrogen and oxygen atoms in total. The summed E-state index contributed by atoms with van der Waals surface area (Å²) in [5, 5.41) is 2.77. The molecule has 0 radical (unpaired) electrons. The van der Waals surface area contributed by atoms with Crippen LogP contribution in [-0.2, 0) is 11.3 Å². The number of carbonyl (C=O) groups excluding carboxylic acids is 1. The van der Waals surface area contributed by atoms with E-state index in [0.29, 0.717) is 18.9 Å². The Kier molecular flexibility index (Phi) is 5.41. The fourth-order valence-electron chi connectivity index (χ4n) is 1.91. The molecule has 1 amide bonds. The smallest absolute Gasteiger partial charge is 0.239 e. The van der Waals surface area contributed by atoms with Gasteiger partial charge in [0.05, 0.1) is 6.54 Å². The minimum Gasteiger partial charge on any atom is -0.310 e. The van der Waals surface area contributed by atoms with Crippen molar-refractivity contribution in [1.29, 1.82) is 0 Å². The molecule has 0 atom stereocenters. The van der Waals surface area contributed by atoms with Crippen molar-refractivity contribution in [3.63, 3.8) is 0 Å². The number of likely N-dealkylation sites (N-methyl/N-ethyl adjacent to an activating group) is 1. The van der Waals surface area contributed by atoms with Gasteiger partial charge in [-0.25, -0.2) is 4.98 Å². The van der Waals surface area contributed by atoms with Crippen molar-refractivity contribution >= 4 is 27.7 Å². The highest BCUT2D eigenvalue weighted by Gasteiger charge is 2.09. The summed E-state index contributed by atoms with van der Waals surface area (Å²) in [6, 6.07) is 7.52. The molecule has 0 unspecified atom stereocenters. The van der Waals surface area contributed by atoms with Gasteiger partial charge in [-0.3, -0.25) is 14.7 Å². The van der Waals surface area contributed by atoms with Crippen LogP contribution in [0.2, 0.25) is 0 Å². The number of nitrogens with one attached hydrogen (secondary N) is 1. The topological polar surface area (TPSA) is 58.1 Å². The van der Waals surface area contributed by atoms with Crippen molar-refractivity contribution in [1.82, 2.24) is 14.9 Å². The minimum absolute atomic E-state index is 0.0890. The fourth-order valence-corrected chi connectivity index (χ4v) is 2.14. The van der Waals surface area contributed by atoms with E-state index in [1.54, 1.807) is 18.5 Å². The first-order valence-electron chi connectivity index (χ1n) is 6.55. The lowest BCUT2D eigenvalue weighted by atomic mass is 10.2. The van der Waals surface area contributed by atoms with E-state index < -0.39 is 0 Å². The van der Waals surface area contributed by atoms with E-state index in [1.165, 1.54) is 0 Å². The number of rotatable bonds is 5. The highest BCUT2D eigenvalue weighted by atomic mass is 79.9. The number of hydrogen-bond donors (Lipinski definition) is 1. The maximum absolute atomic E-state index is 12.0. The van der Waals surface area contributed by atoms with E-state index in [1.807, 2.05) is 37.1 Å². The molecule has 0 bridgehead atoms. The van der Waals surface area contributed by atoms with Gasteiger partial charge in [0.15, 0.2) is 0 Å². The van der Waals surface area contributed by atoms with E-state index >= 15 is 0 Å². The lowest BCUT2D eigenvalue weighted by molar-refractivity contribution is -0.117. The van der Waals surface area contributed by atoms with Gasteiger partial charge in [0, 0.05) is 29.1 Å². The number of aryl methyl sites for hydroxylation is 1. The summed E-state index contributed by atoms with van der Waals surface area (Å²) in [5.74, 6) is 0.461. The summed E-state index contributed by atoms with van der Waals surface area (Å²) < 4.78 is 0.879. The van der Waals surface area contributed by atoms with Gasteiger partial charge in [-0.15, -0.1) is 0 Å². The maximum Gasteiger partial charge on any atom is 0.239 e. The molecule has 1 N–H and O–H groups in total. The number of nitrogens with zero attached hydrogens (tertiary/aromatic N) is 3. The molecule has 0 aliphatic rings. The van der Waals surface area contributed by atoms with Crippen molar-refractivity contribution < 1.29 is 4.79 Å². The number of aromatic nitrogens is 2. The number of pyridine rings is 2. The zero-order valence-electron chi connectivity index (χ0n) is 12.0. The first-order chi connectivity index (χ1) is 10.0. The first-order valence-corrected chi connectivity index (χ1v) is 7.34. The second-order valence-electron chi connectivity index (χ2n) is 4.83. The van der Waals surface area contributed by atoms with Crippen molar-refractivity contribution in [2.75, 3.05) is 18.9 Å². The zero-order valence-corrected chi connectivity index (χ0v) is 13.6. The fraction of sp³-hybridized carbons (Fsp3) is 0.267. The first kappa shape index (κ1) is 15.6. The predicted molar refractivity (Wildman–Crippen MR) is 85.9 cm³/mol. The van der Waals surface area contributed by atoms with E-state index in [0.717, 1.165) is 15.7 Å². The number of amides is 1. The van der Waals surface area contributed by atoms with Gasteiger partial charge in [-0.05, 0) is 53.7 Å². The summed E-state index contributed by atoms with van der Waals surface area (Å²) in [5.41, 5.74) is 2.11. The standard InChI is InChI=1S/C15H17BrN4O/c1-11-12(4-3-7-17-11)9-20(2)10-15(21)19-14-6-5-13(16)8-18-14/h3-8H,9-10H2,1-2H3,(H,18,19,21). The van der Waals surface area contributed by atoms with Crippen LogP contribution in [-0.4, -0.2) is 34.4 Å². The van der Waals surface area contributed by atoms with Crippen LogP contribution in [0, 0.1) is 6.92 Å². The molecule has 0 aliphatic carbocycles. The van der Waals surface area contributed by atoms with E-state index in [2.05, 4.69) is 31.2 Å². The third-order valence-electron chi connectivity index (χ3n) is 2.97. The van der Waals surface area contributed by atoms with Gasteiger partial charge in [0.2, 0.25) is 5.91 Å². The van der Waals surface area contributed by atoms with Crippen LogP contribution in [0.3, 0.4) is 0 Å². The quantitative estimate of drug-likeness (QED) is 0.902. The summed E-state index contributed by atoms with van der Waals surface area (Å²) in [4.78, 5) is 22.3. The normalized spacial score (nSPS) is 10.7. The lowest BCUT2D eigenvalue weighted by Gasteiger charge is -2.17. The SMILES string of the molecule is Cc1ncccc1CN(C)CC(=O)Nc1ccc(Br)cn1. The van der Waals surface area contributed by atoms with Crippen LogP contribution in [0.25, 0.3) is 0 Å². The van der Waals surface area contributed by atoms with Gasteiger partial charge >= 0.3 is 0 Å². The molecular weight excluding hydrogens is 332 g/mol. The van der Waals surface area contributed by atoms with Crippen LogP contribution in [0.5, 0.6) is 0 Å². The molecular formula is C15H17BrN4O. The Morgan fingerprint density at radius 2 is 2.14 bits per heavy atom. The molecule has 6 heteroatoms. The molecule has 2 aromatic heterocycles. The molecule has 110 valence electrons. The van der Waals surface area contributed by atoms with E-state index in [-0.39, 0.29) is 5.91 Å². The minimum atomic E-state index is -0.0890. The van der Waals surface area contributed by atoms with Gasteiger partial charge in [0.1, 0.15) is 5.82 Å². The average Bonchev–Trinajstić information content (AvgIpc) is 2.44. The largest absolute Gasteiger partial charge is 0.310 e. The monoisotopic (exact) mass is 348 g/mol. The second kappa shape index (κ2) is 7.28. The number of hydrogen-bond acceptors (Lipinski definition) is 4. The summed E-state index contributed by atoms with van der Waals surface area (Å²) in [6.45, 7) is 2.95. The van der Waals surface area contributed by atoms with Crippen molar-refractivity contribution in [3.05, 3.63) is 52.4 Å². The van der Waals surface area contributed by atoms with Crippen LogP contribution >= 0.6 is 15.9 Å². The Balaban J connectivity index is 1.87. The van der Waals surface area contributed by atoms with Crippen molar-refractivity contribution in [3.8, 4) is 0 Å². The zero-order chi connectivity index (χ0) is 15.2. The Morgan fingerprint density at radius 3 is 2.81 bits per heavy atom. The van der Waals surface area contributed by atoms with Gasteiger partial charge < -0.3 is 5.32 Å². The van der Waals surface area contributed by atoms with Crippen LogP contribution in [0.4, 0.5) is 5.82 Å². The number of carbonyl (C=O) groups is 1. The highest BCUT2D eigenvalue weighted by molar-refractivity contribution is 9.10. The highest BCUT2D eigenvalue weighted by Crippen LogP contribution is 2.11. The van der Waals surface area contributed by atoms with Gasteiger partial charge in [-0.2, -0.15) is 0 Å². The third kappa shape index (κ3) is 4.91. The summed E-state index contributed by atoms with van der Waals surface area (Å²) in [6.07, 6.45) is 3.42. The molecule has 0 spiro atoms. The van der Waals surface area contributed by atoms with E-state index in [9.17, 15) is 4.79 Å². The van der Waals surface area contributed by atoms with Crippen LogP contribution in [0.15, 0.2) is 41.1 Å².